The van der Waals surface area contributed by atoms with Crippen molar-refractivity contribution in [2.45, 2.75) is 52.9 Å². The van der Waals surface area contributed by atoms with E-state index in [1.54, 1.807) is 0 Å². The zero-order valence-corrected chi connectivity index (χ0v) is 8.32. The Labute approximate surface area is 71.4 Å². The summed E-state index contributed by atoms with van der Waals surface area (Å²) < 4.78 is 0. The van der Waals surface area contributed by atoms with Gasteiger partial charge in [0.1, 0.15) is 0 Å². The number of hydrogen-bond donors (Lipinski definition) is 1. The molecule has 2 N–H and O–H groups in total. The van der Waals surface area contributed by atoms with Crippen LogP contribution in [0.2, 0.25) is 0 Å². The first-order valence-corrected chi connectivity index (χ1v) is 4.82. The van der Waals surface area contributed by atoms with Crippen LogP contribution in [0.1, 0.15) is 52.9 Å². The van der Waals surface area contributed by atoms with Crippen molar-refractivity contribution >= 4 is 0 Å². The molecular weight excluding hydrogens is 134 g/mol. The molecule has 0 aromatic rings. The van der Waals surface area contributed by atoms with Gasteiger partial charge in [0.25, 0.3) is 0 Å². The Bertz CT molecular complexity index is 76.9. The van der Waals surface area contributed by atoms with Crippen LogP contribution in [0.5, 0.6) is 0 Å². The van der Waals surface area contributed by atoms with Gasteiger partial charge in [-0.3, -0.25) is 0 Å². The predicted octanol–water partition coefficient (Wildman–Crippen LogP) is 2.94. The van der Waals surface area contributed by atoms with Gasteiger partial charge in [-0.15, -0.1) is 0 Å². The second-order valence-corrected chi connectivity index (χ2v) is 4.16. The maximum atomic E-state index is 5.46. The van der Waals surface area contributed by atoms with Crippen LogP contribution in [0.3, 0.4) is 0 Å². The van der Waals surface area contributed by atoms with Gasteiger partial charge in [-0.25, -0.2) is 0 Å². The molecule has 68 valence electrons. The second kappa shape index (κ2) is 5.59. The molecular formula is C10H23N. The maximum absolute atomic E-state index is 5.46. The van der Waals surface area contributed by atoms with Gasteiger partial charge in [-0.1, -0.05) is 33.6 Å². The van der Waals surface area contributed by atoms with Crippen LogP contribution in [0.25, 0.3) is 0 Å². The second-order valence-electron chi connectivity index (χ2n) is 4.16. The topological polar surface area (TPSA) is 26.0 Å². The van der Waals surface area contributed by atoms with Crippen molar-refractivity contribution in [2.24, 2.45) is 11.1 Å². The Balaban J connectivity index is 3.43. The van der Waals surface area contributed by atoms with Gasteiger partial charge < -0.3 is 5.73 Å². The molecule has 0 aliphatic carbocycles. The van der Waals surface area contributed by atoms with Gasteiger partial charge in [0.15, 0.2) is 0 Å². The highest BCUT2D eigenvalue weighted by Crippen LogP contribution is 2.28. The first kappa shape index (κ1) is 11.0. The lowest BCUT2D eigenvalue weighted by atomic mass is 9.83. The fraction of sp³-hybridized carbons (Fsp3) is 1.00. The van der Waals surface area contributed by atoms with E-state index in [2.05, 4.69) is 20.8 Å². The fourth-order valence-electron chi connectivity index (χ4n) is 1.36. The molecule has 1 nitrogen and oxygen atoms in total. The third kappa shape index (κ3) is 6.36. The molecule has 0 saturated heterocycles. The minimum Gasteiger partial charge on any atom is -0.330 e. The summed E-state index contributed by atoms with van der Waals surface area (Å²) in [5.41, 5.74) is 5.99. The van der Waals surface area contributed by atoms with Crippen LogP contribution in [0.4, 0.5) is 0 Å². The summed E-state index contributed by atoms with van der Waals surface area (Å²) in [6.07, 6.45) is 6.48. The highest BCUT2D eigenvalue weighted by molar-refractivity contribution is 4.68. The molecule has 0 aliphatic heterocycles. The van der Waals surface area contributed by atoms with E-state index in [-0.39, 0.29) is 0 Å². The van der Waals surface area contributed by atoms with Crippen molar-refractivity contribution in [3.63, 3.8) is 0 Å². The molecule has 0 spiro atoms. The predicted molar refractivity (Wildman–Crippen MR) is 51.6 cm³/mol. The molecule has 0 bridgehead atoms. The van der Waals surface area contributed by atoms with Crippen LogP contribution < -0.4 is 5.73 Å². The van der Waals surface area contributed by atoms with E-state index in [1.807, 2.05) is 0 Å². The van der Waals surface area contributed by atoms with Crippen LogP contribution in [-0.2, 0) is 0 Å². The number of nitrogens with two attached hydrogens (primary N) is 1. The summed E-state index contributed by atoms with van der Waals surface area (Å²) in [4.78, 5) is 0. The van der Waals surface area contributed by atoms with E-state index < -0.39 is 0 Å². The Hall–Kier alpha value is -0.0400. The molecule has 0 heterocycles. The van der Waals surface area contributed by atoms with Crippen LogP contribution in [0, 0.1) is 5.41 Å². The quantitative estimate of drug-likeness (QED) is 0.630. The zero-order valence-electron chi connectivity index (χ0n) is 8.32. The Morgan fingerprint density at radius 1 is 1.09 bits per heavy atom. The zero-order chi connectivity index (χ0) is 8.74. The lowest BCUT2D eigenvalue weighted by Crippen LogP contribution is -2.13. The van der Waals surface area contributed by atoms with Crippen molar-refractivity contribution in [1.82, 2.24) is 0 Å². The molecule has 0 aromatic carbocycles. The standard InChI is InChI=1S/C10H23N/c1-4-5-7-10(2,3)8-6-9-11/h4-9,11H2,1-3H3. The monoisotopic (exact) mass is 157 g/mol. The summed E-state index contributed by atoms with van der Waals surface area (Å²) in [6.45, 7) is 7.78. The molecule has 0 unspecified atom stereocenters. The molecule has 0 rings (SSSR count). The molecule has 11 heavy (non-hydrogen) atoms. The molecule has 0 aromatic heterocycles. The van der Waals surface area contributed by atoms with E-state index in [1.165, 1.54) is 32.1 Å². The minimum absolute atomic E-state index is 0.523. The highest BCUT2D eigenvalue weighted by Gasteiger charge is 2.15. The molecule has 0 fully saturated rings. The third-order valence-corrected chi connectivity index (χ3v) is 2.26. The SMILES string of the molecule is CCCCC(C)(C)CCCN. The number of rotatable bonds is 6. The van der Waals surface area contributed by atoms with Crippen molar-refractivity contribution in [3.05, 3.63) is 0 Å². The molecule has 0 aliphatic rings. The summed E-state index contributed by atoms with van der Waals surface area (Å²) in [5.74, 6) is 0. The summed E-state index contributed by atoms with van der Waals surface area (Å²) >= 11 is 0. The van der Waals surface area contributed by atoms with Crippen molar-refractivity contribution in [3.8, 4) is 0 Å². The number of hydrogen-bond acceptors (Lipinski definition) is 1. The summed E-state index contributed by atoms with van der Waals surface area (Å²) in [7, 11) is 0. The van der Waals surface area contributed by atoms with Crippen molar-refractivity contribution < 1.29 is 0 Å². The van der Waals surface area contributed by atoms with Gasteiger partial charge in [0, 0.05) is 0 Å². The smallest absolute Gasteiger partial charge is 0.00771 e. The van der Waals surface area contributed by atoms with E-state index in [9.17, 15) is 0 Å². The first-order valence-electron chi connectivity index (χ1n) is 4.82. The van der Waals surface area contributed by atoms with Gasteiger partial charge in [-0.2, -0.15) is 0 Å². The fourth-order valence-corrected chi connectivity index (χ4v) is 1.36. The van der Waals surface area contributed by atoms with Gasteiger partial charge >= 0.3 is 0 Å². The Morgan fingerprint density at radius 3 is 2.09 bits per heavy atom. The van der Waals surface area contributed by atoms with E-state index >= 15 is 0 Å². The summed E-state index contributed by atoms with van der Waals surface area (Å²) in [6, 6.07) is 0. The van der Waals surface area contributed by atoms with Gasteiger partial charge in [0.05, 0.1) is 0 Å². The minimum atomic E-state index is 0.523. The van der Waals surface area contributed by atoms with Crippen LogP contribution >= 0.6 is 0 Å². The molecule has 0 saturated carbocycles. The number of unbranched alkanes of at least 4 members (excludes halogenated alkanes) is 1. The van der Waals surface area contributed by atoms with Crippen molar-refractivity contribution in [2.75, 3.05) is 6.54 Å². The Morgan fingerprint density at radius 2 is 1.64 bits per heavy atom. The van der Waals surface area contributed by atoms with E-state index in [0.29, 0.717) is 5.41 Å². The average molecular weight is 157 g/mol. The van der Waals surface area contributed by atoms with Gasteiger partial charge in [-0.05, 0) is 31.2 Å². The average Bonchev–Trinajstić information content (AvgIpc) is 1.97. The van der Waals surface area contributed by atoms with Crippen LogP contribution in [-0.4, -0.2) is 6.54 Å². The lowest BCUT2D eigenvalue weighted by Gasteiger charge is -2.23. The maximum Gasteiger partial charge on any atom is -0.00771 e. The van der Waals surface area contributed by atoms with E-state index in [0.717, 1.165) is 6.54 Å². The van der Waals surface area contributed by atoms with Crippen molar-refractivity contribution in [1.29, 1.82) is 0 Å². The molecule has 1 heteroatoms. The summed E-state index contributed by atoms with van der Waals surface area (Å²) in [5, 5.41) is 0. The van der Waals surface area contributed by atoms with E-state index in [4.69, 9.17) is 5.73 Å². The Kier molecular flexibility index (Phi) is 5.57. The molecule has 0 atom stereocenters. The normalized spacial score (nSPS) is 12.0. The highest BCUT2D eigenvalue weighted by atomic mass is 14.5. The third-order valence-electron chi connectivity index (χ3n) is 2.26. The largest absolute Gasteiger partial charge is 0.330 e. The molecule has 0 radical (unpaired) electrons. The molecule has 0 amide bonds. The van der Waals surface area contributed by atoms with Gasteiger partial charge in [0.2, 0.25) is 0 Å². The lowest BCUT2D eigenvalue weighted by molar-refractivity contribution is 0.292. The first-order chi connectivity index (χ1) is 5.12. The van der Waals surface area contributed by atoms with Crippen LogP contribution in [0.15, 0.2) is 0 Å².